The van der Waals surface area contributed by atoms with Crippen LogP contribution >= 0.6 is 0 Å². The van der Waals surface area contributed by atoms with Gasteiger partial charge in [0.05, 0.1) is 18.2 Å². The molecule has 0 unspecified atom stereocenters. The smallest absolute Gasteiger partial charge is 0.130 e. The second-order valence-electron chi connectivity index (χ2n) is 4.57. The fourth-order valence-corrected chi connectivity index (χ4v) is 1.82. The van der Waals surface area contributed by atoms with Crippen LogP contribution in [0.15, 0.2) is 30.7 Å². The van der Waals surface area contributed by atoms with Crippen LogP contribution in [0.5, 0.6) is 11.5 Å². The lowest BCUT2D eigenvalue weighted by Crippen LogP contribution is -2.07. The maximum absolute atomic E-state index is 9.60. The predicted octanol–water partition coefficient (Wildman–Crippen LogP) is 3.06. The average molecular weight is 246 g/mol. The van der Waals surface area contributed by atoms with Gasteiger partial charge in [-0.2, -0.15) is 0 Å². The lowest BCUT2D eigenvalue weighted by Gasteiger charge is -2.14. The van der Waals surface area contributed by atoms with Crippen molar-refractivity contribution in [3.05, 3.63) is 42.0 Å². The molecular weight excluding hydrogens is 228 g/mol. The minimum absolute atomic E-state index is 0.255. The van der Waals surface area contributed by atoms with Gasteiger partial charge in [-0.15, -0.1) is 0 Å². The van der Waals surface area contributed by atoms with Crippen LogP contribution in [-0.2, 0) is 6.61 Å². The fraction of sp³-hybridized carbons (Fsp3) is 0.357. The van der Waals surface area contributed by atoms with Gasteiger partial charge in [0.1, 0.15) is 18.1 Å². The van der Waals surface area contributed by atoms with Crippen LogP contribution in [0.4, 0.5) is 0 Å². The van der Waals surface area contributed by atoms with E-state index in [1.54, 1.807) is 24.7 Å². The second kappa shape index (κ2) is 5.12. The standard InChI is InChI=1S/C14H18N2O2/c1-10(2)16-9-15-7-12(16)8-18-14-6-4-5-13(17)11(14)3/h4-7,9-10,17H,8H2,1-3H3. The van der Waals surface area contributed by atoms with E-state index in [4.69, 9.17) is 4.74 Å². The van der Waals surface area contributed by atoms with E-state index in [1.165, 1.54) is 0 Å². The summed E-state index contributed by atoms with van der Waals surface area (Å²) in [7, 11) is 0. The Bertz CT molecular complexity index is 532. The van der Waals surface area contributed by atoms with Gasteiger partial charge in [-0.25, -0.2) is 4.98 Å². The monoisotopic (exact) mass is 246 g/mol. The van der Waals surface area contributed by atoms with Gasteiger partial charge in [-0.3, -0.25) is 0 Å². The van der Waals surface area contributed by atoms with Crippen LogP contribution in [0.1, 0.15) is 31.1 Å². The van der Waals surface area contributed by atoms with Gasteiger partial charge in [-0.1, -0.05) is 6.07 Å². The van der Waals surface area contributed by atoms with Crippen molar-refractivity contribution in [3.63, 3.8) is 0 Å². The summed E-state index contributed by atoms with van der Waals surface area (Å²) >= 11 is 0. The van der Waals surface area contributed by atoms with Crippen LogP contribution in [0.25, 0.3) is 0 Å². The van der Waals surface area contributed by atoms with E-state index in [0.717, 1.165) is 11.3 Å². The highest BCUT2D eigenvalue weighted by molar-refractivity contribution is 5.42. The minimum atomic E-state index is 0.255. The zero-order valence-electron chi connectivity index (χ0n) is 10.9. The van der Waals surface area contributed by atoms with E-state index in [2.05, 4.69) is 23.4 Å². The van der Waals surface area contributed by atoms with Crippen LogP contribution in [0.2, 0.25) is 0 Å². The molecule has 1 aromatic heterocycles. The topological polar surface area (TPSA) is 47.3 Å². The van der Waals surface area contributed by atoms with E-state index in [-0.39, 0.29) is 5.75 Å². The molecule has 0 saturated carbocycles. The third-order valence-corrected chi connectivity index (χ3v) is 2.93. The Balaban J connectivity index is 2.12. The van der Waals surface area contributed by atoms with E-state index in [0.29, 0.717) is 18.4 Å². The predicted molar refractivity (Wildman–Crippen MR) is 69.8 cm³/mol. The summed E-state index contributed by atoms with van der Waals surface area (Å²) in [5.74, 6) is 0.955. The lowest BCUT2D eigenvalue weighted by molar-refractivity contribution is 0.288. The Hall–Kier alpha value is -1.97. The Morgan fingerprint density at radius 1 is 1.39 bits per heavy atom. The number of nitrogens with zero attached hydrogens (tertiary/aromatic N) is 2. The molecule has 0 atom stereocenters. The third-order valence-electron chi connectivity index (χ3n) is 2.93. The molecule has 2 rings (SSSR count). The minimum Gasteiger partial charge on any atom is -0.508 e. The maximum Gasteiger partial charge on any atom is 0.130 e. The maximum atomic E-state index is 9.60. The summed E-state index contributed by atoms with van der Waals surface area (Å²) in [5.41, 5.74) is 1.78. The molecule has 1 heterocycles. The molecule has 96 valence electrons. The number of phenolic OH excluding ortho intramolecular Hbond substituents is 1. The number of rotatable bonds is 4. The average Bonchev–Trinajstić information content (AvgIpc) is 2.79. The van der Waals surface area contributed by atoms with Gasteiger partial charge in [0.15, 0.2) is 0 Å². The summed E-state index contributed by atoms with van der Waals surface area (Å²) < 4.78 is 7.80. The Labute approximate surface area is 107 Å². The molecule has 18 heavy (non-hydrogen) atoms. The van der Waals surface area contributed by atoms with E-state index < -0.39 is 0 Å². The molecule has 1 N–H and O–H groups in total. The Kier molecular flexibility index (Phi) is 3.55. The summed E-state index contributed by atoms with van der Waals surface area (Å²) in [4.78, 5) is 4.13. The molecule has 0 bridgehead atoms. The Morgan fingerprint density at radius 2 is 2.17 bits per heavy atom. The summed E-state index contributed by atoms with van der Waals surface area (Å²) in [6.07, 6.45) is 3.61. The van der Waals surface area contributed by atoms with Crippen LogP contribution in [0, 0.1) is 6.92 Å². The van der Waals surface area contributed by atoms with E-state index in [9.17, 15) is 5.11 Å². The first kappa shape index (κ1) is 12.5. The van der Waals surface area contributed by atoms with Gasteiger partial charge in [0, 0.05) is 11.6 Å². The number of hydrogen-bond acceptors (Lipinski definition) is 3. The van der Waals surface area contributed by atoms with Gasteiger partial charge >= 0.3 is 0 Å². The lowest BCUT2D eigenvalue weighted by atomic mass is 10.2. The van der Waals surface area contributed by atoms with Crippen molar-refractivity contribution < 1.29 is 9.84 Å². The molecule has 0 saturated heterocycles. The van der Waals surface area contributed by atoms with Crippen LogP contribution in [0.3, 0.4) is 0 Å². The SMILES string of the molecule is Cc1c(O)cccc1OCc1cncn1C(C)C. The van der Waals surface area contributed by atoms with Crippen molar-refractivity contribution >= 4 is 0 Å². The Morgan fingerprint density at radius 3 is 2.89 bits per heavy atom. The number of imidazole rings is 1. The number of aromatic hydroxyl groups is 1. The largest absolute Gasteiger partial charge is 0.508 e. The van der Waals surface area contributed by atoms with Crippen LogP contribution < -0.4 is 4.74 Å². The molecule has 4 nitrogen and oxygen atoms in total. The highest BCUT2D eigenvalue weighted by Gasteiger charge is 2.08. The highest BCUT2D eigenvalue weighted by Crippen LogP contribution is 2.26. The fourth-order valence-electron chi connectivity index (χ4n) is 1.82. The zero-order valence-corrected chi connectivity index (χ0v) is 10.9. The van der Waals surface area contributed by atoms with Crippen molar-refractivity contribution in [2.45, 2.75) is 33.4 Å². The summed E-state index contributed by atoms with van der Waals surface area (Å²) in [6, 6.07) is 5.64. The van der Waals surface area contributed by atoms with Crippen LogP contribution in [-0.4, -0.2) is 14.7 Å². The molecule has 4 heteroatoms. The normalized spacial score (nSPS) is 10.9. The second-order valence-corrected chi connectivity index (χ2v) is 4.57. The molecule has 0 fully saturated rings. The van der Waals surface area contributed by atoms with Gasteiger partial charge in [0.2, 0.25) is 0 Å². The molecule has 0 amide bonds. The van der Waals surface area contributed by atoms with Gasteiger partial charge in [0.25, 0.3) is 0 Å². The molecule has 1 aromatic carbocycles. The first-order valence-electron chi connectivity index (χ1n) is 6.01. The molecule has 0 aliphatic carbocycles. The number of aromatic nitrogens is 2. The first-order chi connectivity index (χ1) is 8.59. The molecule has 0 spiro atoms. The van der Waals surface area contributed by atoms with Crippen molar-refractivity contribution in [3.8, 4) is 11.5 Å². The number of phenols is 1. The van der Waals surface area contributed by atoms with Crippen molar-refractivity contribution in [1.82, 2.24) is 9.55 Å². The number of hydrogen-bond donors (Lipinski definition) is 1. The van der Waals surface area contributed by atoms with E-state index in [1.807, 2.05) is 13.0 Å². The molecule has 2 aromatic rings. The zero-order chi connectivity index (χ0) is 13.1. The number of benzene rings is 1. The number of ether oxygens (including phenoxy) is 1. The van der Waals surface area contributed by atoms with Crippen molar-refractivity contribution in [1.29, 1.82) is 0 Å². The summed E-state index contributed by atoms with van der Waals surface area (Å²) in [5, 5.41) is 9.60. The highest BCUT2D eigenvalue weighted by atomic mass is 16.5. The molecular formula is C14H18N2O2. The summed E-state index contributed by atoms with van der Waals surface area (Å²) in [6.45, 7) is 6.49. The quantitative estimate of drug-likeness (QED) is 0.901. The van der Waals surface area contributed by atoms with E-state index >= 15 is 0 Å². The van der Waals surface area contributed by atoms with Gasteiger partial charge < -0.3 is 14.4 Å². The molecule has 0 aliphatic rings. The first-order valence-corrected chi connectivity index (χ1v) is 6.01. The third kappa shape index (κ3) is 2.47. The van der Waals surface area contributed by atoms with Crippen molar-refractivity contribution in [2.75, 3.05) is 0 Å². The molecule has 0 radical (unpaired) electrons. The molecule has 0 aliphatic heterocycles. The van der Waals surface area contributed by atoms with Gasteiger partial charge in [-0.05, 0) is 32.9 Å². The van der Waals surface area contributed by atoms with Crippen molar-refractivity contribution in [2.24, 2.45) is 0 Å².